The van der Waals surface area contributed by atoms with E-state index in [0.29, 0.717) is 5.54 Å². The smallest absolute Gasteiger partial charge is 0.0332 e. The molecule has 1 aliphatic carbocycles. The largest absolute Gasteiger partial charge is 0.329 e. The molecule has 0 amide bonds. The SMILES string of the molecule is CN(C)C1CCN(C2(CN)CCCCC2)C1. The summed E-state index contributed by atoms with van der Waals surface area (Å²) in [5.41, 5.74) is 6.43. The van der Waals surface area contributed by atoms with Crippen LogP contribution in [0.25, 0.3) is 0 Å². The van der Waals surface area contributed by atoms with Gasteiger partial charge in [-0.05, 0) is 33.4 Å². The van der Waals surface area contributed by atoms with E-state index in [-0.39, 0.29) is 0 Å². The van der Waals surface area contributed by atoms with E-state index in [1.54, 1.807) is 0 Å². The van der Waals surface area contributed by atoms with Gasteiger partial charge in [-0.3, -0.25) is 4.90 Å². The van der Waals surface area contributed by atoms with Gasteiger partial charge in [0.1, 0.15) is 0 Å². The molecule has 0 bridgehead atoms. The summed E-state index contributed by atoms with van der Waals surface area (Å²) < 4.78 is 0. The Kier molecular flexibility index (Phi) is 3.88. The zero-order chi connectivity index (χ0) is 11.6. The Bertz CT molecular complexity index is 221. The maximum absolute atomic E-state index is 6.08. The van der Waals surface area contributed by atoms with E-state index in [9.17, 15) is 0 Å². The third-order valence-corrected chi connectivity index (χ3v) is 4.73. The second-order valence-electron chi connectivity index (χ2n) is 5.84. The summed E-state index contributed by atoms with van der Waals surface area (Å²) in [6.07, 6.45) is 8.12. The number of nitrogens with zero attached hydrogens (tertiary/aromatic N) is 2. The second kappa shape index (κ2) is 5.03. The molecule has 1 aliphatic heterocycles. The van der Waals surface area contributed by atoms with E-state index in [0.717, 1.165) is 12.6 Å². The van der Waals surface area contributed by atoms with Crippen molar-refractivity contribution in [2.75, 3.05) is 33.7 Å². The lowest BCUT2D eigenvalue weighted by molar-refractivity contribution is 0.0742. The van der Waals surface area contributed by atoms with Crippen LogP contribution in [0.15, 0.2) is 0 Å². The molecule has 94 valence electrons. The van der Waals surface area contributed by atoms with Crippen molar-refractivity contribution in [1.29, 1.82) is 0 Å². The molecule has 1 atom stereocenters. The number of likely N-dealkylation sites (N-methyl/N-ethyl adjacent to an activating group) is 1. The highest BCUT2D eigenvalue weighted by Crippen LogP contribution is 2.35. The van der Waals surface area contributed by atoms with Crippen molar-refractivity contribution < 1.29 is 0 Å². The zero-order valence-electron chi connectivity index (χ0n) is 10.9. The van der Waals surface area contributed by atoms with Crippen LogP contribution < -0.4 is 5.73 Å². The summed E-state index contributed by atoms with van der Waals surface area (Å²) >= 11 is 0. The first kappa shape index (κ1) is 12.3. The van der Waals surface area contributed by atoms with Crippen molar-refractivity contribution >= 4 is 0 Å². The van der Waals surface area contributed by atoms with Gasteiger partial charge in [0, 0.05) is 31.2 Å². The Balaban J connectivity index is 2.00. The number of likely N-dealkylation sites (tertiary alicyclic amines) is 1. The fourth-order valence-corrected chi connectivity index (χ4v) is 3.45. The molecule has 1 heterocycles. The van der Waals surface area contributed by atoms with Crippen molar-refractivity contribution in [3.05, 3.63) is 0 Å². The first-order chi connectivity index (χ1) is 7.68. The Labute approximate surface area is 100.0 Å². The lowest BCUT2D eigenvalue weighted by atomic mass is 9.80. The van der Waals surface area contributed by atoms with Crippen molar-refractivity contribution in [3.8, 4) is 0 Å². The molecule has 16 heavy (non-hydrogen) atoms. The van der Waals surface area contributed by atoms with Gasteiger partial charge in [-0.25, -0.2) is 0 Å². The molecule has 0 aromatic heterocycles. The molecule has 1 unspecified atom stereocenters. The minimum atomic E-state index is 0.350. The van der Waals surface area contributed by atoms with Gasteiger partial charge < -0.3 is 10.6 Å². The molecule has 1 saturated carbocycles. The molecular formula is C13H27N3. The first-order valence-corrected chi connectivity index (χ1v) is 6.79. The molecule has 3 nitrogen and oxygen atoms in total. The van der Waals surface area contributed by atoms with Crippen LogP contribution in [0.5, 0.6) is 0 Å². The van der Waals surface area contributed by atoms with E-state index >= 15 is 0 Å². The van der Waals surface area contributed by atoms with Crippen LogP contribution in [0.1, 0.15) is 38.5 Å². The summed E-state index contributed by atoms with van der Waals surface area (Å²) in [5.74, 6) is 0. The molecule has 1 saturated heterocycles. The van der Waals surface area contributed by atoms with Crippen LogP contribution in [0.4, 0.5) is 0 Å². The lowest BCUT2D eigenvalue weighted by Gasteiger charge is -2.44. The number of hydrogen-bond acceptors (Lipinski definition) is 3. The van der Waals surface area contributed by atoms with E-state index in [2.05, 4.69) is 23.9 Å². The summed E-state index contributed by atoms with van der Waals surface area (Å²) in [6, 6.07) is 0.741. The topological polar surface area (TPSA) is 32.5 Å². The molecule has 2 aliphatic rings. The molecule has 2 N–H and O–H groups in total. The molecule has 2 fully saturated rings. The highest BCUT2D eigenvalue weighted by Gasteiger charge is 2.40. The molecule has 0 aromatic rings. The molecular weight excluding hydrogens is 198 g/mol. The predicted octanol–water partition coefficient (Wildman–Crippen LogP) is 1.28. The van der Waals surface area contributed by atoms with Crippen LogP contribution >= 0.6 is 0 Å². The van der Waals surface area contributed by atoms with Gasteiger partial charge in [0.25, 0.3) is 0 Å². The third-order valence-electron chi connectivity index (χ3n) is 4.73. The van der Waals surface area contributed by atoms with Crippen LogP contribution in [0.2, 0.25) is 0 Å². The van der Waals surface area contributed by atoms with Gasteiger partial charge >= 0.3 is 0 Å². The maximum Gasteiger partial charge on any atom is 0.0332 e. The molecule has 2 rings (SSSR count). The monoisotopic (exact) mass is 225 g/mol. The van der Waals surface area contributed by atoms with Crippen molar-refractivity contribution in [2.24, 2.45) is 5.73 Å². The average Bonchev–Trinajstić information content (AvgIpc) is 2.80. The normalized spacial score (nSPS) is 31.1. The predicted molar refractivity (Wildman–Crippen MR) is 68.5 cm³/mol. The van der Waals surface area contributed by atoms with Crippen LogP contribution in [0, 0.1) is 0 Å². The Morgan fingerprint density at radius 3 is 2.44 bits per heavy atom. The van der Waals surface area contributed by atoms with E-state index in [4.69, 9.17) is 5.73 Å². The van der Waals surface area contributed by atoms with Crippen molar-refractivity contribution in [2.45, 2.75) is 50.1 Å². The third kappa shape index (κ3) is 2.27. The summed E-state index contributed by atoms with van der Waals surface area (Å²) in [6.45, 7) is 3.33. The molecule has 0 aromatic carbocycles. The number of nitrogens with two attached hydrogens (primary N) is 1. The second-order valence-corrected chi connectivity index (χ2v) is 5.84. The fraction of sp³-hybridized carbons (Fsp3) is 1.00. The first-order valence-electron chi connectivity index (χ1n) is 6.79. The quantitative estimate of drug-likeness (QED) is 0.785. The van der Waals surface area contributed by atoms with Crippen LogP contribution in [-0.2, 0) is 0 Å². The van der Waals surface area contributed by atoms with Crippen LogP contribution in [0.3, 0.4) is 0 Å². The minimum absolute atomic E-state index is 0.350. The van der Waals surface area contributed by atoms with Gasteiger partial charge in [-0.2, -0.15) is 0 Å². The average molecular weight is 225 g/mol. The van der Waals surface area contributed by atoms with E-state index in [1.165, 1.54) is 51.6 Å². The van der Waals surface area contributed by atoms with Gasteiger partial charge in [0.2, 0.25) is 0 Å². The minimum Gasteiger partial charge on any atom is -0.329 e. The Hall–Kier alpha value is -0.120. The standard InChI is InChI=1S/C13H27N3/c1-15(2)12-6-9-16(10-12)13(11-14)7-4-3-5-8-13/h12H,3-11,14H2,1-2H3. The highest BCUT2D eigenvalue weighted by molar-refractivity contribution is 4.98. The van der Waals surface area contributed by atoms with Gasteiger partial charge in [-0.1, -0.05) is 19.3 Å². The summed E-state index contributed by atoms with van der Waals surface area (Å²) in [5, 5.41) is 0. The fourth-order valence-electron chi connectivity index (χ4n) is 3.45. The maximum atomic E-state index is 6.08. The molecule has 3 heteroatoms. The van der Waals surface area contributed by atoms with Gasteiger partial charge in [0.15, 0.2) is 0 Å². The molecule has 0 spiro atoms. The van der Waals surface area contributed by atoms with E-state index in [1.807, 2.05) is 0 Å². The van der Waals surface area contributed by atoms with Crippen molar-refractivity contribution in [1.82, 2.24) is 9.80 Å². The lowest BCUT2D eigenvalue weighted by Crippen LogP contribution is -2.54. The zero-order valence-corrected chi connectivity index (χ0v) is 10.9. The van der Waals surface area contributed by atoms with Crippen molar-refractivity contribution in [3.63, 3.8) is 0 Å². The summed E-state index contributed by atoms with van der Waals surface area (Å²) in [7, 11) is 4.40. The number of hydrogen-bond donors (Lipinski definition) is 1. The van der Waals surface area contributed by atoms with Crippen LogP contribution in [-0.4, -0.2) is 55.1 Å². The molecule has 0 radical (unpaired) electrons. The highest BCUT2D eigenvalue weighted by atomic mass is 15.3. The Morgan fingerprint density at radius 1 is 1.25 bits per heavy atom. The Morgan fingerprint density at radius 2 is 1.94 bits per heavy atom. The summed E-state index contributed by atoms with van der Waals surface area (Å²) in [4.78, 5) is 5.06. The van der Waals surface area contributed by atoms with Gasteiger partial charge in [0.05, 0.1) is 0 Å². The van der Waals surface area contributed by atoms with Gasteiger partial charge in [-0.15, -0.1) is 0 Å². The number of rotatable bonds is 3. The van der Waals surface area contributed by atoms with E-state index < -0.39 is 0 Å².